The summed E-state index contributed by atoms with van der Waals surface area (Å²) in [6.45, 7) is 7.81. The maximum Gasteiger partial charge on any atom is 0.244 e. The van der Waals surface area contributed by atoms with Gasteiger partial charge >= 0.3 is 0 Å². The van der Waals surface area contributed by atoms with Crippen molar-refractivity contribution in [3.05, 3.63) is 83.8 Å². The number of hydrogen-bond donors (Lipinski definition) is 1. The maximum atomic E-state index is 13.4. The van der Waals surface area contributed by atoms with E-state index in [9.17, 15) is 9.18 Å². The zero-order valence-electron chi connectivity index (χ0n) is 18.5. The first-order chi connectivity index (χ1) is 16.1. The molecule has 0 unspecified atom stereocenters. The zero-order valence-corrected chi connectivity index (χ0v) is 18.5. The molecule has 5 rings (SSSR count). The van der Waals surface area contributed by atoms with Crippen molar-refractivity contribution in [1.82, 2.24) is 15.4 Å². The highest BCUT2D eigenvalue weighted by Crippen LogP contribution is 2.45. The number of benzene rings is 2. The molecule has 3 aromatic rings. The van der Waals surface area contributed by atoms with Crippen LogP contribution < -0.4 is 5.32 Å². The molecule has 0 bridgehead atoms. The summed E-state index contributed by atoms with van der Waals surface area (Å²) in [4.78, 5) is 14.6. The van der Waals surface area contributed by atoms with Crippen molar-refractivity contribution >= 4 is 23.0 Å². The third kappa shape index (κ3) is 4.91. The van der Waals surface area contributed by atoms with E-state index < -0.39 is 0 Å². The number of carbonyl (C=O) groups excluding carboxylic acids is 1. The molecule has 1 N–H and O–H groups in total. The number of piperidine rings is 1. The fraction of sp³-hybridized carbons (Fsp3) is 0.333. The first-order valence-electron chi connectivity index (χ1n) is 11.6. The summed E-state index contributed by atoms with van der Waals surface area (Å²) in [5.74, 6) is 0.754. The number of likely N-dealkylation sites (tertiary alicyclic amines) is 1. The molecular formula is C27H28FN3O2. The van der Waals surface area contributed by atoms with Crippen LogP contribution in [0.5, 0.6) is 0 Å². The highest BCUT2D eigenvalue weighted by Gasteiger charge is 2.43. The van der Waals surface area contributed by atoms with Crippen molar-refractivity contribution in [1.29, 1.82) is 0 Å². The topological polar surface area (TPSA) is 58.4 Å². The molecule has 33 heavy (non-hydrogen) atoms. The quantitative estimate of drug-likeness (QED) is 0.420. The van der Waals surface area contributed by atoms with Crippen molar-refractivity contribution in [2.24, 2.45) is 11.8 Å². The molecule has 1 aliphatic heterocycles. The van der Waals surface area contributed by atoms with Gasteiger partial charge in [-0.05, 0) is 49.7 Å². The van der Waals surface area contributed by atoms with E-state index >= 15 is 0 Å². The van der Waals surface area contributed by atoms with E-state index in [1.54, 1.807) is 12.1 Å². The van der Waals surface area contributed by atoms with E-state index in [2.05, 4.69) is 22.0 Å². The smallest absolute Gasteiger partial charge is 0.244 e. The van der Waals surface area contributed by atoms with E-state index in [1.807, 2.05) is 36.4 Å². The Labute approximate surface area is 192 Å². The lowest BCUT2D eigenvalue weighted by molar-refractivity contribution is -0.116. The van der Waals surface area contributed by atoms with Gasteiger partial charge in [0.05, 0.1) is 5.69 Å². The molecule has 170 valence electrons. The Kier molecular flexibility index (Phi) is 6.09. The molecule has 1 saturated carbocycles. The van der Waals surface area contributed by atoms with Gasteiger partial charge in [-0.25, -0.2) is 4.39 Å². The minimum atomic E-state index is -0.303. The first kappa shape index (κ1) is 21.6. The highest BCUT2D eigenvalue weighted by atomic mass is 19.1. The Morgan fingerprint density at radius 3 is 2.76 bits per heavy atom. The molecule has 0 spiro atoms. The lowest BCUT2D eigenvalue weighted by Crippen LogP contribution is -2.35. The van der Waals surface area contributed by atoms with Gasteiger partial charge in [0.25, 0.3) is 0 Å². The molecule has 2 heterocycles. The summed E-state index contributed by atoms with van der Waals surface area (Å²) in [6.07, 6.45) is 5.42. The molecule has 0 radical (unpaired) electrons. The number of carbonyl (C=O) groups is 1. The van der Waals surface area contributed by atoms with E-state index in [4.69, 9.17) is 4.52 Å². The predicted molar refractivity (Wildman–Crippen MR) is 127 cm³/mol. The number of amides is 1. The Hall–Kier alpha value is -3.25. The molecular weight excluding hydrogens is 417 g/mol. The maximum absolute atomic E-state index is 13.4. The van der Waals surface area contributed by atoms with Gasteiger partial charge in [-0.3, -0.25) is 4.79 Å². The number of halogens is 1. The largest absolute Gasteiger partial charge is 0.356 e. The van der Waals surface area contributed by atoms with Crippen molar-refractivity contribution in [3.63, 3.8) is 0 Å². The zero-order chi connectivity index (χ0) is 22.8. The Morgan fingerprint density at radius 2 is 1.97 bits per heavy atom. The van der Waals surface area contributed by atoms with Crippen molar-refractivity contribution in [2.75, 3.05) is 26.2 Å². The van der Waals surface area contributed by atoms with Crippen molar-refractivity contribution in [3.8, 4) is 0 Å². The SMILES string of the molecule is C=C1[C@H](CNC(=O)C=Cc2ccccc2)[C@H]1CN1CCC(c2noc3cc(F)ccc23)CC1. The number of hydrogen-bond acceptors (Lipinski definition) is 4. The number of fused-ring (bicyclic) bond motifs is 1. The third-order valence-corrected chi connectivity index (χ3v) is 6.94. The molecule has 2 aliphatic rings. The second-order valence-corrected chi connectivity index (χ2v) is 9.06. The second kappa shape index (κ2) is 9.32. The van der Waals surface area contributed by atoms with Gasteiger partial charge in [-0.1, -0.05) is 47.6 Å². The second-order valence-electron chi connectivity index (χ2n) is 9.06. The van der Waals surface area contributed by atoms with Crippen LogP contribution in [0.1, 0.15) is 30.0 Å². The van der Waals surface area contributed by atoms with Gasteiger partial charge in [0, 0.05) is 48.4 Å². The van der Waals surface area contributed by atoms with Crippen LogP contribution in [0.3, 0.4) is 0 Å². The van der Waals surface area contributed by atoms with Crippen LogP contribution in [0.4, 0.5) is 4.39 Å². The molecule has 2 aromatic carbocycles. The average Bonchev–Trinajstić information content (AvgIpc) is 3.24. The van der Waals surface area contributed by atoms with Crippen molar-refractivity contribution < 1.29 is 13.7 Å². The summed E-state index contributed by atoms with van der Waals surface area (Å²) in [5.41, 5.74) is 3.71. The van der Waals surface area contributed by atoms with Gasteiger partial charge in [-0.2, -0.15) is 0 Å². The molecule has 1 amide bonds. The monoisotopic (exact) mass is 445 g/mol. The minimum Gasteiger partial charge on any atom is -0.356 e. The van der Waals surface area contributed by atoms with Crippen LogP contribution in [0.25, 0.3) is 17.0 Å². The van der Waals surface area contributed by atoms with Crippen molar-refractivity contribution in [2.45, 2.75) is 18.8 Å². The van der Waals surface area contributed by atoms with E-state index in [0.717, 1.165) is 49.1 Å². The van der Waals surface area contributed by atoms with Crippen LogP contribution in [0, 0.1) is 17.7 Å². The number of aromatic nitrogens is 1. The predicted octanol–water partition coefficient (Wildman–Crippen LogP) is 4.78. The lowest BCUT2D eigenvalue weighted by Gasteiger charge is -2.31. The van der Waals surface area contributed by atoms with Crippen LogP contribution in [0.15, 0.2) is 71.3 Å². The summed E-state index contributed by atoms with van der Waals surface area (Å²) < 4.78 is 18.8. The average molecular weight is 446 g/mol. The fourth-order valence-corrected chi connectivity index (χ4v) is 4.86. The molecule has 2 atom stereocenters. The van der Waals surface area contributed by atoms with Gasteiger partial charge < -0.3 is 14.7 Å². The van der Waals surface area contributed by atoms with Gasteiger partial charge in [0.2, 0.25) is 5.91 Å². The molecule has 5 nitrogen and oxygen atoms in total. The number of nitrogens with zero attached hydrogens (tertiary/aromatic N) is 2. The number of rotatable bonds is 7. The molecule has 1 aliphatic carbocycles. The van der Waals surface area contributed by atoms with E-state index in [0.29, 0.717) is 29.9 Å². The Morgan fingerprint density at radius 1 is 1.18 bits per heavy atom. The Balaban J connectivity index is 1.07. The minimum absolute atomic E-state index is 0.0714. The first-order valence-corrected chi connectivity index (χ1v) is 11.6. The van der Waals surface area contributed by atoms with E-state index in [-0.39, 0.29) is 11.7 Å². The lowest BCUT2D eigenvalue weighted by atomic mass is 9.91. The summed E-state index contributed by atoms with van der Waals surface area (Å²) in [6, 6.07) is 14.4. The normalized spacial score (nSPS) is 21.7. The van der Waals surface area contributed by atoms with Crippen LogP contribution in [0.2, 0.25) is 0 Å². The van der Waals surface area contributed by atoms with Crippen LogP contribution in [-0.2, 0) is 4.79 Å². The molecule has 6 heteroatoms. The summed E-state index contributed by atoms with van der Waals surface area (Å²) in [7, 11) is 0. The standard InChI is InChI=1S/C27H28FN3O2/c1-18-23(16-29-26(32)10-7-19-5-3-2-4-6-19)24(18)17-31-13-11-20(12-14-31)27-22-9-8-21(28)15-25(22)33-30-27/h2-10,15,20,23-24H,1,11-14,16-17H2,(H,29,32)/t23-,24-/m0/s1. The van der Waals surface area contributed by atoms with Gasteiger partial charge in [-0.15, -0.1) is 0 Å². The number of nitrogens with one attached hydrogen (secondary N) is 1. The van der Waals surface area contributed by atoms with E-state index in [1.165, 1.54) is 17.7 Å². The highest BCUT2D eigenvalue weighted by molar-refractivity contribution is 5.91. The molecule has 1 saturated heterocycles. The van der Waals surface area contributed by atoms with Crippen LogP contribution in [-0.4, -0.2) is 42.1 Å². The molecule has 2 fully saturated rings. The molecule has 1 aromatic heterocycles. The summed E-state index contributed by atoms with van der Waals surface area (Å²) in [5, 5.41) is 8.17. The van der Waals surface area contributed by atoms with Crippen LogP contribution >= 0.6 is 0 Å². The third-order valence-electron chi connectivity index (χ3n) is 6.94. The summed E-state index contributed by atoms with van der Waals surface area (Å²) >= 11 is 0. The Bertz CT molecular complexity index is 1180. The van der Waals surface area contributed by atoms with Gasteiger partial charge in [0.1, 0.15) is 5.82 Å². The fourth-order valence-electron chi connectivity index (χ4n) is 4.86. The van der Waals surface area contributed by atoms with Gasteiger partial charge in [0.15, 0.2) is 5.58 Å².